The van der Waals surface area contributed by atoms with Crippen molar-refractivity contribution < 1.29 is 8.78 Å². The number of benzene rings is 1. The molecule has 0 radical (unpaired) electrons. The molecule has 96 valence electrons. The summed E-state index contributed by atoms with van der Waals surface area (Å²) < 4.78 is 26.7. The molecular formula is C12H6ClF2N3S. The lowest BCUT2D eigenvalue weighted by molar-refractivity contribution is 0.603. The molecule has 1 N–H and O–H groups in total. The Balaban J connectivity index is 2.10. The van der Waals surface area contributed by atoms with Gasteiger partial charge in [0.15, 0.2) is 0 Å². The molecule has 3 rings (SSSR count). The summed E-state index contributed by atoms with van der Waals surface area (Å²) in [6, 6.07) is 4.94. The lowest BCUT2D eigenvalue weighted by Crippen LogP contribution is -1.98. The average Bonchev–Trinajstić information content (AvgIpc) is 2.82. The van der Waals surface area contributed by atoms with Gasteiger partial charge in [-0.3, -0.25) is 0 Å². The van der Waals surface area contributed by atoms with E-state index in [4.69, 9.17) is 11.6 Å². The number of rotatable bonds is 2. The minimum absolute atomic E-state index is 0.00210. The molecule has 0 bridgehead atoms. The lowest BCUT2D eigenvalue weighted by Gasteiger charge is -2.08. The number of fused-ring (bicyclic) bond motifs is 1. The molecule has 0 aliphatic heterocycles. The second-order valence-corrected chi connectivity index (χ2v) is 4.96. The summed E-state index contributed by atoms with van der Waals surface area (Å²) in [5.41, 5.74) is 0.00210. The largest absolute Gasteiger partial charge is 0.337 e. The van der Waals surface area contributed by atoms with Crippen LogP contribution < -0.4 is 5.32 Å². The fourth-order valence-corrected chi connectivity index (χ4v) is 2.63. The minimum Gasteiger partial charge on any atom is -0.337 e. The van der Waals surface area contributed by atoms with Crippen LogP contribution in [0.15, 0.2) is 29.6 Å². The van der Waals surface area contributed by atoms with Gasteiger partial charge in [-0.2, -0.15) is 4.98 Å². The lowest BCUT2D eigenvalue weighted by atomic mass is 10.3. The van der Waals surface area contributed by atoms with Gasteiger partial charge in [-0.25, -0.2) is 13.8 Å². The van der Waals surface area contributed by atoms with Crippen LogP contribution in [0.25, 0.3) is 10.2 Å². The van der Waals surface area contributed by atoms with Gasteiger partial charge in [-0.05, 0) is 35.2 Å². The number of anilines is 2. The van der Waals surface area contributed by atoms with Gasteiger partial charge in [0.1, 0.15) is 22.3 Å². The van der Waals surface area contributed by atoms with Crippen LogP contribution in [-0.2, 0) is 0 Å². The topological polar surface area (TPSA) is 37.8 Å². The van der Waals surface area contributed by atoms with Crippen LogP contribution in [0.2, 0.25) is 5.28 Å². The Morgan fingerprint density at radius 1 is 1.16 bits per heavy atom. The van der Waals surface area contributed by atoms with Crippen molar-refractivity contribution in [3.63, 3.8) is 0 Å². The van der Waals surface area contributed by atoms with Crippen LogP contribution in [0.3, 0.4) is 0 Å². The second-order valence-electron chi connectivity index (χ2n) is 3.73. The molecule has 7 heteroatoms. The highest BCUT2D eigenvalue weighted by Gasteiger charge is 2.10. The number of hydrogen-bond acceptors (Lipinski definition) is 4. The number of nitrogens with one attached hydrogen (secondary N) is 1. The Morgan fingerprint density at radius 3 is 2.84 bits per heavy atom. The predicted molar refractivity (Wildman–Crippen MR) is 72.1 cm³/mol. The van der Waals surface area contributed by atoms with E-state index in [2.05, 4.69) is 15.3 Å². The molecule has 3 aromatic rings. The highest BCUT2D eigenvalue weighted by Crippen LogP contribution is 2.29. The molecule has 2 aromatic heterocycles. The molecule has 2 heterocycles. The molecule has 0 unspecified atom stereocenters. The van der Waals surface area contributed by atoms with Crippen LogP contribution in [0, 0.1) is 11.6 Å². The standard InChI is InChI=1S/C12H6ClF2N3S/c13-12-17-10(7-3-4-19-11(7)18-12)16-9-5-6(14)1-2-8(9)15/h1-5H,(H,16,17,18). The zero-order valence-corrected chi connectivity index (χ0v) is 10.9. The fourth-order valence-electron chi connectivity index (χ4n) is 1.65. The van der Waals surface area contributed by atoms with E-state index < -0.39 is 11.6 Å². The maximum Gasteiger partial charge on any atom is 0.225 e. The molecule has 0 aliphatic carbocycles. The summed E-state index contributed by atoms with van der Waals surface area (Å²) in [6.07, 6.45) is 0. The summed E-state index contributed by atoms with van der Waals surface area (Å²) in [5, 5.41) is 5.32. The van der Waals surface area contributed by atoms with Crippen molar-refractivity contribution >= 4 is 44.7 Å². The van der Waals surface area contributed by atoms with E-state index in [1.165, 1.54) is 11.3 Å². The van der Waals surface area contributed by atoms with Crippen molar-refractivity contribution in [2.24, 2.45) is 0 Å². The van der Waals surface area contributed by atoms with E-state index in [1.807, 2.05) is 5.38 Å². The quantitative estimate of drug-likeness (QED) is 0.714. The summed E-state index contributed by atoms with van der Waals surface area (Å²) in [6.45, 7) is 0. The maximum absolute atomic E-state index is 13.6. The monoisotopic (exact) mass is 297 g/mol. The number of thiophene rings is 1. The van der Waals surface area contributed by atoms with E-state index in [1.54, 1.807) is 6.07 Å². The van der Waals surface area contributed by atoms with Crippen molar-refractivity contribution in [2.45, 2.75) is 0 Å². The van der Waals surface area contributed by atoms with E-state index >= 15 is 0 Å². The summed E-state index contributed by atoms with van der Waals surface area (Å²) in [7, 11) is 0. The van der Waals surface area contributed by atoms with Gasteiger partial charge in [0.2, 0.25) is 5.28 Å². The number of halogens is 3. The van der Waals surface area contributed by atoms with Crippen molar-refractivity contribution in [1.82, 2.24) is 9.97 Å². The Kier molecular flexibility index (Phi) is 3.04. The molecular weight excluding hydrogens is 292 g/mol. The Morgan fingerprint density at radius 2 is 2.00 bits per heavy atom. The van der Waals surface area contributed by atoms with Gasteiger partial charge in [-0.15, -0.1) is 11.3 Å². The molecule has 0 saturated heterocycles. The molecule has 0 spiro atoms. The zero-order valence-electron chi connectivity index (χ0n) is 9.32. The Labute approximate surface area is 115 Å². The Bertz CT molecular complexity index is 760. The smallest absolute Gasteiger partial charge is 0.225 e. The van der Waals surface area contributed by atoms with Crippen LogP contribution in [0.4, 0.5) is 20.3 Å². The van der Waals surface area contributed by atoms with E-state index in [-0.39, 0.29) is 11.0 Å². The average molecular weight is 298 g/mol. The van der Waals surface area contributed by atoms with Crippen LogP contribution in [0.5, 0.6) is 0 Å². The van der Waals surface area contributed by atoms with E-state index in [0.717, 1.165) is 18.2 Å². The van der Waals surface area contributed by atoms with Crippen molar-refractivity contribution in [3.05, 3.63) is 46.6 Å². The minimum atomic E-state index is -0.570. The third-order valence-electron chi connectivity index (χ3n) is 2.48. The third kappa shape index (κ3) is 2.36. The number of hydrogen-bond donors (Lipinski definition) is 1. The van der Waals surface area contributed by atoms with E-state index in [0.29, 0.717) is 16.0 Å². The molecule has 0 aliphatic rings. The Hall–Kier alpha value is -1.79. The van der Waals surface area contributed by atoms with Gasteiger partial charge in [-0.1, -0.05) is 0 Å². The van der Waals surface area contributed by atoms with Crippen LogP contribution in [-0.4, -0.2) is 9.97 Å². The summed E-state index contributed by atoms with van der Waals surface area (Å²) in [4.78, 5) is 8.72. The van der Waals surface area contributed by atoms with E-state index in [9.17, 15) is 8.78 Å². The van der Waals surface area contributed by atoms with Gasteiger partial charge in [0, 0.05) is 6.07 Å². The van der Waals surface area contributed by atoms with Crippen molar-refractivity contribution in [3.8, 4) is 0 Å². The molecule has 0 amide bonds. The van der Waals surface area contributed by atoms with Gasteiger partial charge in [0.05, 0.1) is 11.1 Å². The fraction of sp³-hybridized carbons (Fsp3) is 0. The van der Waals surface area contributed by atoms with Crippen LogP contribution >= 0.6 is 22.9 Å². The first-order valence-electron chi connectivity index (χ1n) is 5.26. The normalized spacial score (nSPS) is 10.9. The molecule has 0 atom stereocenters. The molecule has 1 aromatic carbocycles. The third-order valence-corrected chi connectivity index (χ3v) is 3.45. The summed E-state index contributed by atoms with van der Waals surface area (Å²) >= 11 is 7.18. The number of aromatic nitrogens is 2. The SMILES string of the molecule is Fc1ccc(F)c(Nc2nc(Cl)nc3sccc23)c1. The first kappa shape index (κ1) is 12.3. The molecule has 0 fully saturated rings. The highest BCUT2D eigenvalue weighted by molar-refractivity contribution is 7.16. The summed E-state index contributed by atoms with van der Waals surface area (Å²) in [5.74, 6) is -0.758. The van der Waals surface area contributed by atoms with Gasteiger partial charge >= 0.3 is 0 Å². The van der Waals surface area contributed by atoms with Gasteiger partial charge in [0.25, 0.3) is 0 Å². The van der Waals surface area contributed by atoms with Crippen LogP contribution in [0.1, 0.15) is 0 Å². The number of nitrogens with zero attached hydrogens (tertiary/aromatic N) is 2. The predicted octanol–water partition coefficient (Wildman–Crippen LogP) is 4.37. The van der Waals surface area contributed by atoms with Crippen molar-refractivity contribution in [2.75, 3.05) is 5.32 Å². The molecule has 19 heavy (non-hydrogen) atoms. The second kappa shape index (κ2) is 4.71. The first-order chi connectivity index (χ1) is 9.13. The first-order valence-corrected chi connectivity index (χ1v) is 6.52. The zero-order chi connectivity index (χ0) is 13.4. The van der Waals surface area contributed by atoms with Gasteiger partial charge < -0.3 is 5.32 Å². The molecule has 3 nitrogen and oxygen atoms in total. The highest BCUT2D eigenvalue weighted by atomic mass is 35.5. The maximum atomic E-state index is 13.6. The van der Waals surface area contributed by atoms with Crippen molar-refractivity contribution in [1.29, 1.82) is 0 Å². The molecule has 0 saturated carbocycles.